The van der Waals surface area contributed by atoms with E-state index in [2.05, 4.69) is 4.90 Å². The van der Waals surface area contributed by atoms with Gasteiger partial charge in [0.25, 0.3) is 0 Å². The highest BCUT2D eigenvalue weighted by atomic mass is 32.2. The van der Waals surface area contributed by atoms with Crippen molar-refractivity contribution in [2.45, 2.75) is 6.54 Å². The number of rotatable bonds is 5. The van der Waals surface area contributed by atoms with Gasteiger partial charge in [0, 0.05) is 42.8 Å². The molecule has 1 saturated heterocycles. The lowest BCUT2D eigenvalue weighted by Crippen LogP contribution is -2.32. The monoisotopic (exact) mass is 293 g/mol. The number of hydrogen-bond donors (Lipinski definition) is 1. The summed E-state index contributed by atoms with van der Waals surface area (Å²) in [4.78, 5) is 13.0. The first-order valence-corrected chi connectivity index (χ1v) is 7.72. The average molecular weight is 293 g/mol. The number of aliphatic carboxylic acids is 1. The number of carboxylic acids is 1. The van der Waals surface area contributed by atoms with E-state index in [0.29, 0.717) is 0 Å². The molecule has 0 saturated carbocycles. The van der Waals surface area contributed by atoms with Crippen LogP contribution in [0.5, 0.6) is 5.75 Å². The molecule has 0 radical (unpaired) electrons. The molecule has 1 aliphatic rings. The van der Waals surface area contributed by atoms with Gasteiger partial charge in [-0.1, -0.05) is 6.07 Å². The van der Waals surface area contributed by atoms with Gasteiger partial charge < -0.3 is 9.84 Å². The Morgan fingerprint density at radius 3 is 2.85 bits per heavy atom. The Bertz CT molecular complexity index is 496. The Morgan fingerprint density at radius 1 is 1.45 bits per heavy atom. The van der Waals surface area contributed by atoms with Crippen LogP contribution in [-0.2, 0) is 11.3 Å². The zero-order chi connectivity index (χ0) is 14.4. The lowest BCUT2D eigenvalue weighted by molar-refractivity contribution is -0.131. The maximum atomic E-state index is 10.6. The van der Waals surface area contributed by atoms with Crippen molar-refractivity contribution in [3.8, 4) is 5.75 Å². The van der Waals surface area contributed by atoms with Crippen molar-refractivity contribution < 1.29 is 14.6 Å². The minimum Gasteiger partial charge on any atom is -0.496 e. The van der Waals surface area contributed by atoms with Gasteiger partial charge in [-0.3, -0.25) is 4.90 Å². The normalized spacial score (nSPS) is 16.4. The Balaban J connectivity index is 2.15. The summed E-state index contributed by atoms with van der Waals surface area (Å²) in [5, 5.41) is 8.68. The SMILES string of the molecule is COc1ccc(C=CC(=O)O)cc1CN1CCSCC1. The van der Waals surface area contributed by atoms with E-state index in [9.17, 15) is 4.79 Å². The van der Waals surface area contributed by atoms with Crippen molar-refractivity contribution in [3.63, 3.8) is 0 Å². The third-order valence-electron chi connectivity index (χ3n) is 3.22. The molecule has 1 fully saturated rings. The van der Waals surface area contributed by atoms with Crippen LogP contribution in [0.25, 0.3) is 6.08 Å². The van der Waals surface area contributed by atoms with Crippen LogP contribution in [0, 0.1) is 0 Å². The van der Waals surface area contributed by atoms with E-state index >= 15 is 0 Å². The van der Waals surface area contributed by atoms with E-state index in [4.69, 9.17) is 9.84 Å². The molecule has 5 heteroatoms. The number of benzene rings is 1. The molecule has 1 aromatic rings. The molecule has 2 rings (SSSR count). The molecule has 1 heterocycles. The summed E-state index contributed by atoms with van der Waals surface area (Å²) >= 11 is 1.98. The summed E-state index contributed by atoms with van der Waals surface area (Å²) in [7, 11) is 1.66. The van der Waals surface area contributed by atoms with Crippen LogP contribution in [0.15, 0.2) is 24.3 Å². The maximum Gasteiger partial charge on any atom is 0.328 e. The van der Waals surface area contributed by atoms with Crippen molar-refractivity contribution in [1.29, 1.82) is 0 Å². The van der Waals surface area contributed by atoms with Gasteiger partial charge in [-0.05, 0) is 23.8 Å². The first kappa shape index (κ1) is 14.9. The fourth-order valence-corrected chi connectivity index (χ4v) is 3.17. The standard InChI is InChI=1S/C15H19NO3S/c1-19-14-4-2-12(3-5-15(17)18)10-13(14)11-16-6-8-20-9-7-16/h2-5,10H,6-9,11H2,1H3,(H,17,18). The fraction of sp³-hybridized carbons (Fsp3) is 0.400. The largest absolute Gasteiger partial charge is 0.496 e. The summed E-state index contributed by atoms with van der Waals surface area (Å²) in [5.74, 6) is 2.26. The molecule has 0 atom stereocenters. The fourth-order valence-electron chi connectivity index (χ4n) is 2.19. The Labute approximate surface area is 123 Å². The zero-order valence-corrected chi connectivity index (χ0v) is 12.4. The van der Waals surface area contributed by atoms with Gasteiger partial charge in [0.15, 0.2) is 0 Å². The number of methoxy groups -OCH3 is 1. The molecule has 1 N–H and O–H groups in total. The van der Waals surface area contributed by atoms with Gasteiger partial charge in [0.1, 0.15) is 5.75 Å². The summed E-state index contributed by atoms with van der Waals surface area (Å²) < 4.78 is 5.40. The van der Waals surface area contributed by atoms with Crippen LogP contribution < -0.4 is 4.74 Å². The lowest BCUT2D eigenvalue weighted by atomic mass is 10.1. The molecule has 0 bridgehead atoms. The summed E-state index contributed by atoms with van der Waals surface area (Å²) in [6.07, 6.45) is 2.76. The minimum atomic E-state index is -0.935. The van der Waals surface area contributed by atoms with Gasteiger partial charge >= 0.3 is 5.97 Å². The highest BCUT2D eigenvalue weighted by Crippen LogP contribution is 2.23. The van der Waals surface area contributed by atoms with Crippen LogP contribution in [0.2, 0.25) is 0 Å². The smallest absolute Gasteiger partial charge is 0.328 e. The Morgan fingerprint density at radius 2 is 2.20 bits per heavy atom. The van der Waals surface area contributed by atoms with Gasteiger partial charge in [-0.15, -0.1) is 0 Å². The molecular formula is C15H19NO3S. The van der Waals surface area contributed by atoms with Crippen molar-refractivity contribution in [3.05, 3.63) is 35.4 Å². The Kier molecular flexibility index (Phi) is 5.49. The molecule has 0 spiro atoms. The predicted octanol–water partition coefficient (Wildman–Crippen LogP) is 2.34. The maximum absolute atomic E-state index is 10.6. The van der Waals surface area contributed by atoms with E-state index in [1.807, 2.05) is 30.0 Å². The van der Waals surface area contributed by atoms with Crippen LogP contribution in [0.3, 0.4) is 0 Å². The molecule has 0 aromatic heterocycles. The first-order valence-electron chi connectivity index (χ1n) is 6.57. The zero-order valence-electron chi connectivity index (χ0n) is 11.5. The van der Waals surface area contributed by atoms with E-state index in [1.54, 1.807) is 13.2 Å². The van der Waals surface area contributed by atoms with Gasteiger partial charge in [-0.2, -0.15) is 11.8 Å². The molecule has 4 nitrogen and oxygen atoms in total. The Hall–Kier alpha value is -1.46. The van der Waals surface area contributed by atoms with Crippen LogP contribution in [0.1, 0.15) is 11.1 Å². The molecule has 20 heavy (non-hydrogen) atoms. The van der Waals surface area contributed by atoms with Crippen LogP contribution in [0.4, 0.5) is 0 Å². The van der Waals surface area contributed by atoms with Crippen molar-refractivity contribution >= 4 is 23.8 Å². The molecule has 1 aliphatic heterocycles. The highest BCUT2D eigenvalue weighted by molar-refractivity contribution is 7.99. The molecule has 1 aromatic carbocycles. The summed E-state index contributed by atoms with van der Waals surface area (Å²) in [5.41, 5.74) is 1.99. The number of hydrogen-bond acceptors (Lipinski definition) is 4. The van der Waals surface area contributed by atoms with Gasteiger partial charge in [-0.25, -0.2) is 4.79 Å². The second-order valence-corrected chi connectivity index (χ2v) is 5.86. The number of carbonyl (C=O) groups is 1. The molecule has 0 aliphatic carbocycles. The molecule has 0 amide bonds. The first-order chi connectivity index (χ1) is 9.69. The number of thioether (sulfide) groups is 1. The number of carboxylic acid groups (broad SMARTS) is 1. The van der Waals surface area contributed by atoms with E-state index < -0.39 is 5.97 Å². The second kappa shape index (κ2) is 7.36. The number of ether oxygens (including phenoxy) is 1. The summed E-state index contributed by atoms with van der Waals surface area (Å²) in [6, 6.07) is 5.77. The van der Waals surface area contributed by atoms with Crippen molar-refractivity contribution in [2.24, 2.45) is 0 Å². The molecular weight excluding hydrogens is 274 g/mol. The van der Waals surface area contributed by atoms with Crippen molar-refractivity contribution in [1.82, 2.24) is 4.90 Å². The van der Waals surface area contributed by atoms with E-state index in [-0.39, 0.29) is 0 Å². The summed E-state index contributed by atoms with van der Waals surface area (Å²) in [6.45, 7) is 3.02. The van der Waals surface area contributed by atoms with Crippen molar-refractivity contribution in [2.75, 3.05) is 31.7 Å². The molecule has 0 unspecified atom stereocenters. The van der Waals surface area contributed by atoms with E-state index in [1.165, 1.54) is 11.5 Å². The molecule has 108 valence electrons. The third-order valence-corrected chi connectivity index (χ3v) is 4.16. The van der Waals surface area contributed by atoms with E-state index in [0.717, 1.165) is 42.6 Å². The van der Waals surface area contributed by atoms with Gasteiger partial charge in [0.05, 0.1) is 7.11 Å². The lowest BCUT2D eigenvalue weighted by Gasteiger charge is -2.26. The number of nitrogens with zero attached hydrogens (tertiary/aromatic N) is 1. The topological polar surface area (TPSA) is 49.8 Å². The third kappa shape index (κ3) is 4.28. The second-order valence-electron chi connectivity index (χ2n) is 4.63. The predicted molar refractivity (Wildman–Crippen MR) is 82.3 cm³/mol. The van der Waals surface area contributed by atoms with Crippen LogP contribution in [-0.4, -0.2) is 47.7 Å². The van der Waals surface area contributed by atoms with Gasteiger partial charge in [0.2, 0.25) is 0 Å². The highest BCUT2D eigenvalue weighted by Gasteiger charge is 2.13. The van der Waals surface area contributed by atoms with Crippen LogP contribution >= 0.6 is 11.8 Å². The quantitative estimate of drug-likeness (QED) is 0.845. The minimum absolute atomic E-state index is 0.846. The average Bonchev–Trinajstić information content (AvgIpc) is 2.46.